The molecule has 0 saturated carbocycles. The van der Waals surface area contributed by atoms with Crippen LogP contribution < -0.4 is 5.32 Å². The molecule has 1 atom stereocenters. The smallest absolute Gasteiger partial charge is 0.243 e. The van der Waals surface area contributed by atoms with Crippen molar-refractivity contribution < 1.29 is 18.0 Å². The SMILES string of the molecule is CC(C)CNC(=O)C(C)N(Cc1ccc(Cl)cc1)C(=O)CCc1ccc(S(=O)(=O)N2CCCC2)cc1. The van der Waals surface area contributed by atoms with E-state index in [0.29, 0.717) is 43.5 Å². The van der Waals surface area contributed by atoms with E-state index in [4.69, 9.17) is 11.6 Å². The van der Waals surface area contributed by atoms with E-state index < -0.39 is 16.1 Å². The van der Waals surface area contributed by atoms with Crippen molar-refractivity contribution in [2.24, 2.45) is 5.92 Å². The van der Waals surface area contributed by atoms with Crippen molar-refractivity contribution in [2.45, 2.75) is 63.9 Å². The molecule has 196 valence electrons. The number of halogens is 1. The second-order valence-corrected chi connectivity index (χ2v) is 12.1. The number of aryl methyl sites for hydroxylation is 1. The van der Waals surface area contributed by atoms with Crippen molar-refractivity contribution in [3.63, 3.8) is 0 Å². The first-order chi connectivity index (χ1) is 17.1. The molecule has 0 bridgehead atoms. The fourth-order valence-corrected chi connectivity index (χ4v) is 5.77. The molecule has 1 saturated heterocycles. The Balaban J connectivity index is 1.68. The molecule has 3 rings (SSSR count). The lowest BCUT2D eigenvalue weighted by atomic mass is 10.1. The summed E-state index contributed by atoms with van der Waals surface area (Å²) in [6.07, 6.45) is 2.42. The van der Waals surface area contributed by atoms with Crippen molar-refractivity contribution in [3.05, 3.63) is 64.7 Å². The van der Waals surface area contributed by atoms with Gasteiger partial charge in [0.2, 0.25) is 21.8 Å². The summed E-state index contributed by atoms with van der Waals surface area (Å²) in [6.45, 7) is 7.72. The summed E-state index contributed by atoms with van der Waals surface area (Å²) < 4.78 is 27.0. The Morgan fingerprint density at radius 1 is 0.972 bits per heavy atom. The standard InChI is InChI=1S/C27H36ClN3O4S/c1-20(2)18-29-27(33)21(3)31(19-23-6-11-24(28)12-7-23)26(32)15-10-22-8-13-25(14-9-22)36(34,35)30-16-4-5-17-30/h6-9,11-14,20-21H,4-5,10,15-19H2,1-3H3,(H,29,33). The van der Waals surface area contributed by atoms with Gasteiger partial charge in [0.05, 0.1) is 4.90 Å². The fraction of sp³-hybridized carbons (Fsp3) is 0.481. The highest BCUT2D eigenvalue weighted by molar-refractivity contribution is 7.89. The van der Waals surface area contributed by atoms with Crippen LogP contribution in [0.3, 0.4) is 0 Å². The lowest BCUT2D eigenvalue weighted by molar-refractivity contribution is -0.140. The molecule has 0 aliphatic carbocycles. The average molecular weight is 534 g/mol. The van der Waals surface area contributed by atoms with Crippen LogP contribution in [0.15, 0.2) is 53.4 Å². The van der Waals surface area contributed by atoms with Crippen LogP contribution in [0.2, 0.25) is 5.02 Å². The summed E-state index contributed by atoms with van der Waals surface area (Å²) in [5.41, 5.74) is 1.75. The zero-order valence-corrected chi connectivity index (χ0v) is 22.8. The molecule has 7 nitrogen and oxygen atoms in total. The van der Waals surface area contributed by atoms with Crippen LogP contribution in [0.25, 0.3) is 0 Å². The molecule has 1 unspecified atom stereocenters. The van der Waals surface area contributed by atoms with Crippen molar-refractivity contribution >= 4 is 33.4 Å². The minimum atomic E-state index is -3.47. The molecule has 2 aromatic rings. The van der Waals surface area contributed by atoms with E-state index in [0.717, 1.165) is 24.0 Å². The molecular weight excluding hydrogens is 498 g/mol. The Labute approximate surface area is 219 Å². The number of sulfonamides is 1. The second kappa shape index (κ2) is 12.7. The Hall–Kier alpha value is -2.42. The van der Waals surface area contributed by atoms with Gasteiger partial charge in [-0.05, 0) is 67.5 Å². The van der Waals surface area contributed by atoms with Crippen LogP contribution in [0, 0.1) is 5.92 Å². The highest BCUT2D eigenvalue weighted by atomic mass is 35.5. The zero-order valence-electron chi connectivity index (χ0n) is 21.2. The minimum Gasteiger partial charge on any atom is -0.354 e. The second-order valence-electron chi connectivity index (χ2n) is 9.72. The quantitative estimate of drug-likeness (QED) is 0.468. The number of carbonyl (C=O) groups excluding carboxylic acids is 2. The van der Waals surface area contributed by atoms with Gasteiger partial charge >= 0.3 is 0 Å². The van der Waals surface area contributed by atoms with E-state index >= 15 is 0 Å². The predicted octanol–water partition coefficient (Wildman–Crippen LogP) is 4.25. The van der Waals surface area contributed by atoms with Gasteiger partial charge in [0.1, 0.15) is 6.04 Å². The molecule has 1 N–H and O–H groups in total. The third kappa shape index (κ3) is 7.54. The van der Waals surface area contributed by atoms with Crippen molar-refractivity contribution in [2.75, 3.05) is 19.6 Å². The van der Waals surface area contributed by atoms with E-state index in [1.54, 1.807) is 48.2 Å². The molecule has 1 heterocycles. The number of rotatable bonds is 11. The van der Waals surface area contributed by atoms with Crippen molar-refractivity contribution in [1.29, 1.82) is 0 Å². The number of nitrogens with zero attached hydrogens (tertiary/aromatic N) is 2. The molecule has 2 aromatic carbocycles. The summed E-state index contributed by atoms with van der Waals surface area (Å²) in [5, 5.41) is 3.52. The van der Waals surface area contributed by atoms with Crippen LogP contribution in [0.4, 0.5) is 0 Å². The van der Waals surface area contributed by atoms with Crippen LogP contribution in [-0.4, -0.2) is 55.1 Å². The third-order valence-electron chi connectivity index (χ3n) is 6.37. The average Bonchev–Trinajstić information content (AvgIpc) is 3.41. The van der Waals surface area contributed by atoms with E-state index in [1.807, 2.05) is 26.0 Å². The number of nitrogens with one attached hydrogen (secondary N) is 1. The summed E-state index contributed by atoms with van der Waals surface area (Å²) in [6, 6.07) is 13.3. The van der Waals surface area contributed by atoms with E-state index in [9.17, 15) is 18.0 Å². The Bertz CT molecular complexity index is 1130. The lowest BCUT2D eigenvalue weighted by Crippen LogP contribution is -2.48. The maximum absolute atomic E-state index is 13.3. The molecule has 2 amide bonds. The summed E-state index contributed by atoms with van der Waals surface area (Å²) >= 11 is 6.00. The van der Waals surface area contributed by atoms with Gasteiger partial charge in [0.15, 0.2) is 0 Å². The monoisotopic (exact) mass is 533 g/mol. The van der Waals surface area contributed by atoms with Gasteiger partial charge in [-0.15, -0.1) is 0 Å². The Morgan fingerprint density at radius 2 is 1.56 bits per heavy atom. The van der Waals surface area contributed by atoms with E-state index in [2.05, 4.69) is 5.32 Å². The zero-order chi connectivity index (χ0) is 26.3. The normalized spacial score (nSPS) is 15.1. The number of benzene rings is 2. The highest BCUT2D eigenvalue weighted by Crippen LogP contribution is 2.22. The molecular formula is C27H36ClN3O4S. The lowest BCUT2D eigenvalue weighted by Gasteiger charge is -2.29. The van der Waals surface area contributed by atoms with Gasteiger partial charge in [-0.1, -0.05) is 49.7 Å². The Kier molecular flexibility index (Phi) is 9.93. The largest absolute Gasteiger partial charge is 0.354 e. The van der Waals surface area contributed by atoms with Crippen molar-refractivity contribution in [3.8, 4) is 0 Å². The van der Waals surface area contributed by atoms with E-state index in [1.165, 1.54) is 4.31 Å². The minimum absolute atomic E-state index is 0.147. The maximum Gasteiger partial charge on any atom is 0.243 e. The van der Waals surface area contributed by atoms with Crippen LogP contribution in [0.1, 0.15) is 51.2 Å². The van der Waals surface area contributed by atoms with Crippen LogP contribution >= 0.6 is 11.6 Å². The molecule has 0 spiro atoms. The third-order valence-corrected chi connectivity index (χ3v) is 8.54. The van der Waals surface area contributed by atoms with Gasteiger partial charge in [0, 0.05) is 37.6 Å². The summed E-state index contributed by atoms with van der Waals surface area (Å²) in [7, 11) is -3.47. The van der Waals surface area contributed by atoms with Gasteiger partial charge in [-0.3, -0.25) is 9.59 Å². The van der Waals surface area contributed by atoms with E-state index in [-0.39, 0.29) is 23.1 Å². The molecule has 36 heavy (non-hydrogen) atoms. The summed E-state index contributed by atoms with van der Waals surface area (Å²) in [4.78, 5) is 27.9. The summed E-state index contributed by atoms with van der Waals surface area (Å²) in [5.74, 6) is -0.0350. The number of hydrogen-bond acceptors (Lipinski definition) is 4. The molecule has 1 aliphatic rings. The van der Waals surface area contributed by atoms with Crippen molar-refractivity contribution in [1.82, 2.24) is 14.5 Å². The maximum atomic E-state index is 13.3. The van der Waals surface area contributed by atoms with Gasteiger partial charge < -0.3 is 10.2 Å². The van der Waals surface area contributed by atoms with Gasteiger partial charge in [-0.2, -0.15) is 4.31 Å². The fourth-order valence-electron chi connectivity index (χ4n) is 4.12. The predicted molar refractivity (Wildman–Crippen MR) is 142 cm³/mol. The number of hydrogen-bond donors (Lipinski definition) is 1. The number of amides is 2. The molecule has 1 aliphatic heterocycles. The van der Waals surface area contributed by atoms with Crippen LogP contribution in [0.5, 0.6) is 0 Å². The first-order valence-corrected chi connectivity index (χ1v) is 14.3. The molecule has 9 heteroatoms. The number of carbonyl (C=O) groups is 2. The molecule has 1 fully saturated rings. The topological polar surface area (TPSA) is 86.8 Å². The van der Waals surface area contributed by atoms with Crippen LogP contribution in [-0.2, 0) is 32.6 Å². The molecule has 0 radical (unpaired) electrons. The molecule has 0 aromatic heterocycles. The Morgan fingerprint density at radius 3 is 2.14 bits per heavy atom. The van der Waals surface area contributed by atoms with Gasteiger partial charge in [-0.25, -0.2) is 8.42 Å². The highest BCUT2D eigenvalue weighted by Gasteiger charge is 2.28. The first kappa shape index (κ1) is 28.2. The van der Waals surface area contributed by atoms with Gasteiger partial charge in [0.25, 0.3) is 0 Å². The first-order valence-electron chi connectivity index (χ1n) is 12.5.